The molecule has 0 aliphatic rings. The zero-order chi connectivity index (χ0) is 23.2. The molecule has 2 aromatic heterocycles. The Hall–Kier alpha value is -4.74. The van der Waals surface area contributed by atoms with Crippen molar-refractivity contribution < 1.29 is 18.9 Å². The molecule has 33 heavy (non-hydrogen) atoms. The highest BCUT2D eigenvalue weighted by atomic mass is 16.6. The molecule has 12 nitrogen and oxygen atoms in total. The maximum absolute atomic E-state index is 13.0. The molecule has 0 fully saturated rings. The number of nitrogens with one attached hydrogen (secondary N) is 1. The van der Waals surface area contributed by atoms with Crippen LogP contribution in [0.25, 0.3) is 17.1 Å². The molecule has 0 spiro atoms. The van der Waals surface area contributed by atoms with E-state index < -0.39 is 5.91 Å². The van der Waals surface area contributed by atoms with Crippen molar-refractivity contribution in [2.75, 3.05) is 19.5 Å². The van der Waals surface area contributed by atoms with E-state index in [1.54, 1.807) is 24.3 Å². The summed E-state index contributed by atoms with van der Waals surface area (Å²) in [4.78, 5) is 13.0. The molecule has 0 radical (unpaired) electrons. The first kappa shape index (κ1) is 21.5. The summed E-state index contributed by atoms with van der Waals surface area (Å²) in [5.74, 6) is 0.702. The largest absolute Gasteiger partial charge is 0.497 e. The highest BCUT2D eigenvalue weighted by Crippen LogP contribution is 2.29. The predicted molar refractivity (Wildman–Crippen MR) is 118 cm³/mol. The van der Waals surface area contributed by atoms with Crippen LogP contribution in [0.2, 0.25) is 0 Å². The van der Waals surface area contributed by atoms with Gasteiger partial charge in [-0.1, -0.05) is 29.5 Å². The second kappa shape index (κ2) is 9.60. The Morgan fingerprint density at radius 2 is 2.09 bits per heavy atom. The van der Waals surface area contributed by atoms with Gasteiger partial charge in [0.25, 0.3) is 5.91 Å². The molecule has 0 bridgehead atoms. The number of anilines is 1. The van der Waals surface area contributed by atoms with Crippen LogP contribution in [0.3, 0.4) is 0 Å². The van der Waals surface area contributed by atoms with Crippen molar-refractivity contribution in [3.05, 3.63) is 59.8 Å². The van der Waals surface area contributed by atoms with Crippen molar-refractivity contribution in [1.29, 1.82) is 0 Å². The molecular weight excluding hydrogens is 428 g/mol. The van der Waals surface area contributed by atoms with Crippen molar-refractivity contribution in [1.82, 2.24) is 30.7 Å². The van der Waals surface area contributed by atoms with E-state index in [0.717, 1.165) is 0 Å². The summed E-state index contributed by atoms with van der Waals surface area (Å²) in [6.45, 7) is 2.39. The summed E-state index contributed by atoms with van der Waals surface area (Å²) >= 11 is 0. The topological polar surface area (TPSA) is 156 Å². The van der Waals surface area contributed by atoms with Crippen molar-refractivity contribution in [3.8, 4) is 28.6 Å². The number of para-hydroxylation sites is 1. The zero-order valence-corrected chi connectivity index (χ0v) is 17.8. The molecule has 0 aliphatic carbocycles. The van der Waals surface area contributed by atoms with Crippen LogP contribution in [0, 0.1) is 0 Å². The fourth-order valence-electron chi connectivity index (χ4n) is 3.04. The molecule has 12 heteroatoms. The molecule has 0 saturated heterocycles. The van der Waals surface area contributed by atoms with Crippen LogP contribution in [0.5, 0.6) is 11.5 Å². The van der Waals surface area contributed by atoms with Gasteiger partial charge in [0, 0.05) is 11.1 Å². The lowest BCUT2D eigenvalue weighted by atomic mass is 10.1. The fourth-order valence-corrected chi connectivity index (χ4v) is 3.04. The molecule has 4 aromatic rings. The first-order valence-corrected chi connectivity index (χ1v) is 9.86. The third-order valence-corrected chi connectivity index (χ3v) is 4.51. The van der Waals surface area contributed by atoms with E-state index in [-0.39, 0.29) is 17.3 Å². The highest BCUT2D eigenvalue weighted by Gasteiger charge is 2.25. The Bertz CT molecular complexity index is 1300. The number of hydrogen-bond donors (Lipinski definition) is 2. The lowest BCUT2D eigenvalue weighted by molar-refractivity contribution is 0.0950. The van der Waals surface area contributed by atoms with Crippen LogP contribution in [0.1, 0.15) is 23.0 Å². The molecule has 2 heterocycles. The SMILES string of the molecule is CCOc1ccccc1/C=N/NC(=O)c1nnn(-c2nonc2N)c1-c1cccc(OC)c1. The van der Waals surface area contributed by atoms with Gasteiger partial charge in [0.2, 0.25) is 11.6 Å². The van der Waals surface area contributed by atoms with E-state index in [1.165, 1.54) is 18.0 Å². The molecule has 4 rings (SSSR count). The molecule has 0 unspecified atom stereocenters. The van der Waals surface area contributed by atoms with E-state index >= 15 is 0 Å². The van der Waals surface area contributed by atoms with Crippen LogP contribution in [-0.2, 0) is 0 Å². The fraction of sp³-hybridized carbons (Fsp3) is 0.143. The monoisotopic (exact) mass is 448 g/mol. The number of benzene rings is 2. The summed E-state index contributed by atoms with van der Waals surface area (Å²) in [6.07, 6.45) is 1.48. The van der Waals surface area contributed by atoms with Crippen LogP contribution < -0.4 is 20.6 Å². The van der Waals surface area contributed by atoms with E-state index in [0.29, 0.717) is 34.9 Å². The van der Waals surface area contributed by atoms with Crippen molar-refractivity contribution >= 4 is 17.9 Å². The number of carbonyl (C=O) groups excluding carboxylic acids is 1. The Balaban J connectivity index is 1.68. The number of rotatable bonds is 8. The van der Waals surface area contributed by atoms with Gasteiger partial charge in [-0.05, 0) is 41.5 Å². The highest BCUT2D eigenvalue weighted by molar-refractivity contribution is 5.99. The summed E-state index contributed by atoms with van der Waals surface area (Å²) in [7, 11) is 1.54. The first-order chi connectivity index (χ1) is 16.1. The van der Waals surface area contributed by atoms with E-state index in [4.69, 9.17) is 15.2 Å². The Kier molecular flexibility index (Phi) is 6.25. The van der Waals surface area contributed by atoms with Crippen molar-refractivity contribution in [3.63, 3.8) is 0 Å². The Morgan fingerprint density at radius 1 is 1.24 bits per heavy atom. The van der Waals surface area contributed by atoms with Gasteiger partial charge in [-0.15, -0.1) is 5.10 Å². The smallest absolute Gasteiger partial charge is 0.294 e. The van der Waals surface area contributed by atoms with Gasteiger partial charge in [-0.3, -0.25) is 4.79 Å². The number of hydrazone groups is 1. The van der Waals surface area contributed by atoms with E-state index in [1.807, 2.05) is 31.2 Å². The number of ether oxygens (including phenoxy) is 2. The zero-order valence-electron chi connectivity index (χ0n) is 17.8. The summed E-state index contributed by atoms with van der Waals surface area (Å²) in [5, 5.41) is 19.4. The predicted octanol–water partition coefficient (Wildman–Crippen LogP) is 2.07. The third-order valence-electron chi connectivity index (χ3n) is 4.51. The first-order valence-electron chi connectivity index (χ1n) is 9.86. The number of hydrogen-bond acceptors (Lipinski definition) is 10. The number of aromatic nitrogens is 5. The number of methoxy groups -OCH3 is 1. The maximum atomic E-state index is 13.0. The second-order valence-corrected chi connectivity index (χ2v) is 6.57. The quantitative estimate of drug-likeness (QED) is 0.304. The summed E-state index contributed by atoms with van der Waals surface area (Å²) < 4.78 is 16.8. The van der Waals surface area contributed by atoms with Gasteiger partial charge in [-0.25, -0.2) is 10.1 Å². The molecule has 2 aromatic carbocycles. The number of carbonyl (C=O) groups is 1. The number of nitrogens with zero attached hydrogens (tertiary/aromatic N) is 6. The maximum Gasteiger partial charge on any atom is 0.294 e. The summed E-state index contributed by atoms with van der Waals surface area (Å²) in [6, 6.07) is 14.3. The van der Waals surface area contributed by atoms with Crippen molar-refractivity contribution in [2.45, 2.75) is 6.92 Å². The number of nitrogens with two attached hydrogens (primary N) is 1. The minimum Gasteiger partial charge on any atom is -0.497 e. The van der Waals surface area contributed by atoms with Gasteiger partial charge in [0.1, 0.15) is 17.2 Å². The van der Waals surface area contributed by atoms with E-state index in [2.05, 4.69) is 35.8 Å². The van der Waals surface area contributed by atoms with Gasteiger partial charge in [0.15, 0.2) is 5.69 Å². The molecule has 0 saturated carbocycles. The molecule has 3 N–H and O–H groups in total. The summed E-state index contributed by atoms with van der Waals surface area (Å²) in [5.41, 5.74) is 9.87. The lowest BCUT2D eigenvalue weighted by Crippen LogP contribution is -2.19. The molecular formula is C21H20N8O4. The third kappa shape index (κ3) is 4.49. The molecule has 1 amide bonds. The van der Waals surface area contributed by atoms with E-state index in [9.17, 15) is 4.79 Å². The van der Waals surface area contributed by atoms with Crippen LogP contribution >= 0.6 is 0 Å². The molecule has 168 valence electrons. The average Bonchev–Trinajstić information content (AvgIpc) is 3.46. The lowest BCUT2D eigenvalue weighted by Gasteiger charge is -2.08. The normalized spacial score (nSPS) is 11.0. The molecule has 0 atom stereocenters. The second-order valence-electron chi connectivity index (χ2n) is 6.57. The standard InChI is InChI=1S/C21H20N8O4/c1-3-32-16-10-5-4-7-14(16)12-23-25-21(30)17-18(13-8-6-9-15(11-13)31-2)29(28-24-17)20-19(22)26-33-27-20/h4-12H,3H2,1-2H3,(H2,22,26)(H,25,30)/b23-12+. The minimum absolute atomic E-state index is 0.0124. The Morgan fingerprint density at radius 3 is 2.85 bits per heavy atom. The van der Waals surface area contributed by atoms with Crippen LogP contribution in [-0.4, -0.2) is 51.1 Å². The average molecular weight is 448 g/mol. The minimum atomic E-state index is -0.598. The van der Waals surface area contributed by atoms with Crippen LogP contribution in [0.15, 0.2) is 58.3 Å². The van der Waals surface area contributed by atoms with Gasteiger partial charge in [0.05, 0.1) is 19.9 Å². The number of nitrogen functional groups attached to an aromatic ring is 1. The van der Waals surface area contributed by atoms with Gasteiger partial charge >= 0.3 is 0 Å². The number of amides is 1. The van der Waals surface area contributed by atoms with Gasteiger partial charge < -0.3 is 15.2 Å². The van der Waals surface area contributed by atoms with Crippen LogP contribution in [0.4, 0.5) is 5.82 Å². The molecule has 0 aliphatic heterocycles. The Labute approximate surface area is 188 Å². The van der Waals surface area contributed by atoms with Crippen molar-refractivity contribution in [2.24, 2.45) is 5.10 Å². The van der Waals surface area contributed by atoms with Gasteiger partial charge in [-0.2, -0.15) is 9.78 Å².